The fourth-order valence-electron chi connectivity index (χ4n) is 2.00. The van der Waals surface area contributed by atoms with Gasteiger partial charge in [-0.3, -0.25) is 4.98 Å². The molecule has 0 amide bonds. The van der Waals surface area contributed by atoms with Crippen LogP contribution >= 0.6 is 0 Å². The van der Waals surface area contributed by atoms with Gasteiger partial charge in [0, 0.05) is 23.3 Å². The summed E-state index contributed by atoms with van der Waals surface area (Å²) in [6.45, 7) is 0. The SMILES string of the molecule is O=C(O)c1cccc2ccc(-c3ccncc3)nc12. The second-order valence-electron chi connectivity index (χ2n) is 4.11. The minimum atomic E-state index is -0.968. The van der Waals surface area contributed by atoms with Crippen LogP contribution in [0.4, 0.5) is 0 Å². The number of rotatable bonds is 2. The highest BCUT2D eigenvalue weighted by atomic mass is 16.4. The van der Waals surface area contributed by atoms with E-state index in [0.29, 0.717) is 5.52 Å². The van der Waals surface area contributed by atoms with Crippen LogP contribution in [0.1, 0.15) is 10.4 Å². The molecule has 19 heavy (non-hydrogen) atoms. The fourth-order valence-corrected chi connectivity index (χ4v) is 2.00. The third-order valence-corrected chi connectivity index (χ3v) is 2.93. The van der Waals surface area contributed by atoms with Gasteiger partial charge in [0.25, 0.3) is 0 Å². The lowest BCUT2D eigenvalue weighted by molar-refractivity contribution is 0.0699. The van der Waals surface area contributed by atoms with Crippen molar-refractivity contribution >= 4 is 16.9 Å². The Bertz CT molecular complexity index is 754. The maximum absolute atomic E-state index is 11.2. The molecule has 1 N–H and O–H groups in total. The lowest BCUT2D eigenvalue weighted by Crippen LogP contribution is -1.99. The summed E-state index contributed by atoms with van der Waals surface area (Å²) in [5.74, 6) is -0.968. The summed E-state index contributed by atoms with van der Waals surface area (Å²) < 4.78 is 0. The highest BCUT2D eigenvalue weighted by molar-refractivity contribution is 6.02. The predicted octanol–water partition coefficient (Wildman–Crippen LogP) is 3.00. The van der Waals surface area contributed by atoms with E-state index in [-0.39, 0.29) is 5.56 Å². The third kappa shape index (κ3) is 2.04. The van der Waals surface area contributed by atoms with Crippen LogP contribution in [0, 0.1) is 0 Å². The number of hydrogen-bond donors (Lipinski definition) is 1. The molecule has 1 aromatic carbocycles. The van der Waals surface area contributed by atoms with Gasteiger partial charge in [-0.1, -0.05) is 18.2 Å². The zero-order chi connectivity index (χ0) is 13.2. The molecule has 0 saturated heterocycles. The standard InChI is InChI=1S/C15H10N2O2/c18-15(19)12-3-1-2-11-4-5-13(17-14(11)12)10-6-8-16-9-7-10/h1-9H,(H,18,19). The molecule has 4 heteroatoms. The summed E-state index contributed by atoms with van der Waals surface area (Å²) in [6.07, 6.45) is 3.37. The molecule has 2 heterocycles. The minimum Gasteiger partial charge on any atom is -0.478 e. The van der Waals surface area contributed by atoms with Crippen molar-refractivity contribution in [1.82, 2.24) is 9.97 Å². The molecule has 0 saturated carbocycles. The van der Waals surface area contributed by atoms with Crippen molar-refractivity contribution < 1.29 is 9.90 Å². The summed E-state index contributed by atoms with van der Waals surface area (Å²) in [4.78, 5) is 19.6. The van der Waals surface area contributed by atoms with Gasteiger partial charge in [-0.05, 0) is 24.3 Å². The van der Waals surface area contributed by atoms with Crippen LogP contribution in [0.5, 0.6) is 0 Å². The van der Waals surface area contributed by atoms with Crippen molar-refractivity contribution in [3.05, 3.63) is 60.4 Å². The van der Waals surface area contributed by atoms with Crippen LogP contribution in [0.2, 0.25) is 0 Å². The highest BCUT2D eigenvalue weighted by Crippen LogP contribution is 2.22. The van der Waals surface area contributed by atoms with Gasteiger partial charge in [-0.25, -0.2) is 9.78 Å². The maximum Gasteiger partial charge on any atom is 0.337 e. The lowest BCUT2D eigenvalue weighted by atomic mass is 10.1. The smallest absolute Gasteiger partial charge is 0.337 e. The number of aromatic carboxylic acids is 1. The molecule has 3 rings (SSSR count). The lowest BCUT2D eigenvalue weighted by Gasteiger charge is -2.05. The molecule has 0 aliphatic heterocycles. The van der Waals surface area contributed by atoms with Crippen molar-refractivity contribution in [2.75, 3.05) is 0 Å². The van der Waals surface area contributed by atoms with Crippen molar-refractivity contribution in [2.45, 2.75) is 0 Å². The number of fused-ring (bicyclic) bond motifs is 1. The number of aromatic nitrogens is 2. The van der Waals surface area contributed by atoms with E-state index in [1.54, 1.807) is 24.5 Å². The molecule has 0 spiro atoms. The van der Waals surface area contributed by atoms with Crippen molar-refractivity contribution in [1.29, 1.82) is 0 Å². The van der Waals surface area contributed by atoms with Crippen LogP contribution in [0.25, 0.3) is 22.2 Å². The first kappa shape index (κ1) is 11.3. The van der Waals surface area contributed by atoms with Gasteiger partial charge >= 0.3 is 5.97 Å². The van der Waals surface area contributed by atoms with Crippen LogP contribution in [-0.4, -0.2) is 21.0 Å². The Labute approximate surface area is 109 Å². The summed E-state index contributed by atoms with van der Waals surface area (Å²) in [6, 6.07) is 12.6. The summed E-state index contributed by atoms with van der Waals surface area (Å²) in [5.41, 5.74) is 2.37. The maximum atomic E-state index is 11.2. The summed E-state index contributed by atoms with van der Waals surface area (Å²) >= 11 is 0. The minimum absolute atomic E-state index is 0.216. The zero-order valence-corrected chi connectivity index (χ0v) is 9.95. The number of carbonyl (C=O) groups is 1. The number of nitrogens with zero attached hydrogens (tertiary/aromatic N) is 2. The van der Waals surface area contributed by atoms with Crippen molar-refractivity contribution in [3.8, 4) is 11.3 Å². The molecule has 0 bridgehead atoms. The fraction of sp³-hybridized carbons (Fsp3) is 0. The molecule has 4 nitrogen and oxygen atoms in total. The van der Waals surface area contributed by atoms with E-state index in [2.05, 4.69) is 9.97 Å². The number of pyridine rings is 2. The van der Waals surface area contributed by atoms with Gasteiger partial charge < -0.3 is 5.11 Å². The molecule has 0 aliphatic rings. The Morgan fingerprint density at radius 1 is 1.00 bits per heavy atom. The van der Waals surface area contributed by atoms with E-state index >= 15 is 0 Å². The van der Waals surface area contributed by atoms with Gasteiger partial charge in [-0.15, -0.1) is 0 Å². The number of carboxylic acids is 1. The molecule has 0 fully saturated rings. The van der Waals surface area contributed by atoms with E-state index in [9.17, 15) is 9.90 Å². The van der Waals surface area contributed by atoms with Crippen molar-refractivity contribution in [2.24, 2.45) is 0 Å². The average Bonchev–Trinajstić information content (AvgIpc) is 2.47. The van der Waals surface area contributed by atoms with Gasteiger partial charge in [0.05, 0.1) is 16.8 Å². The third-order valence-electron chi connectivity index (χ3n) is 2.93. The molecule has 0 unspecified atom stereocenters. The highest BCUT2D eigenvalue weighted by Gasteiger charge is 2.10. The molecule has 0 atom stereocenters. The van der Waals surface area contributed by atoms with E-state index in [1.165, 1.54) is 0 Å². The topological polar surface area (TPSA) is 63.1 Å². The van der Waals surface area contributed by atoms with E-state index in [4.69, 9.17) is 0 Å². The largest absolute Gasteiger partial charge is 0.478 e. The molecule has 3 aromatic rings. The first-order valence-electron chi connectivity index (χ1n) is 5.79. The number of carboxylic acid groups (broad SMARTS) is 1. The summed E-state index contributed by atoms with van der Waals surface area (Å²) in [7, 11) is 0. The molecular formula is C15H10N2O2. The second kappa shape index (κ2) is 4.49. The summed E-state index contributed by atoms with van der Waals surface area (Å²) in [5, 5.41) is 10.0. The Morgan fingerprint density at radius 3 is 2.53 bits per heavy atom. The van der Waals surface area contributed by atoms with Gasteiger partial charge in [-0.2, -0.15) is 0 Å². The predicted molar refractivity (Wildman–Crippen MR) is 71.9 cm³/mol. The molecule has 92 valence electrons. The number of hydrogen-bond acceptors (Lipinski definition) is 3. The van der Waals surface area contributed by atoms with Gasteiger partial charge in [0.1, 0.15) is 0 Å². The van der Waals surface area contributed by atoms with Crippen LogP contribution in [-0.2, 0) is 0 Å². The van der Waals surface area contributed by atoms with Crippen molar-refractivity contribution in [3.63, 3.8) is 0 Å². The van der Waals surface area contributed by atoms with E-state index in [0.717, 1.165) is 16.6 Å². The molecule has 0 radical (unpaired) electrons. The Balaban J connectivity index is 2.25. The van der Waals surface area contributed by atoms with E-state index in [1.807, 2.05) is 30.3 Å². The van der Waals surface area contributed by atoms with Crippen LogP contribution < -0.4 is 0 Å². The van der Waals surface area contributed by atoms with Gasteiger partial charge in [0.2, 0.25) is 0 Å². The van der Waals surface area contributed by atoms with Gasteiger partial charge in [0.15, 0.2) is 0 Å². The van der Waals surface area contributed by atoms with E-state index < -0.39 is 5.97 Å². The zero-order valence-electron chi connectivity index (χ0n) is 9.95. The number of para-hydroxylation sites is 1. The quantitative estimate of drug-likeness (QED) is 0.759. The monoisotopic (exact) mass is 250 g/mol. The van der Waals surface area contributed by atoms with Crippen LogP contribution in [0.15, 0.2) is 54.9 Å². The van der Waals surface area contributed by atoms with Crippen LogP contribution in [0.3, 0.4) is 0 Å². The molecule has 2 aromatic heterocycles. The number of benzene rings is 1. The normalized spacial score (nSPS) is 10.5. The average molecular weight is 250 g/mol. The Hall–Kier alpha value is -2.75. The molecule has 0 aliphatic carbocycles. The Kier molecular flexibility index (Phi) is 2.68. The molecular weight excluding hydrogens is 240 g/mol. The first-order chi connectivity index (χ1) is 9.25. The first-order valence-corrected chi connectivity index (χ1v) is 5.79. The second-order valence-corrected chi connectivity index (χ2v) is 4.11. The Morgan fingerprint density at radius 2 is 1.79 bits per heavy atom.